The second-order valence-electron chi connectivity index (χ2n) is 8.54. The molecule has 6 nitrogen and oxygen atoms in total. The highest BCUT2D eigenvalue weighted by Gasteiger charge is 2.38. The van der Waals surface area contributed by atoms with Gasteiger partial charge in [-0.05, 0) is 49.0 Å². The molecular weight excluding hydrogens is 381 g/mol. The van der Waals surface area contributed by atoms with Gasteiger partial charge in [-0.2, -0.15) is 4.39 Å². The van der Waals surface area contributed by atoms with Crippen molar-refractivity contribution in [2.24, 2.45) is 0 Å². The van der Waals surface area contributed by atoms with Gasteiger partial charge >= 0.3 is 11.7 Å². The van der Waals surface area contributed by atoms with E-state index in [9.17, 15) is 14.9 Å². The third-order valence-electron chi connectivity index (χ3n) is 5.75. The number of ether oxygens (including phenoxy) is 1. The number of carbonyl (C=O) groups excluding carboxylic acids is 1. The predicted octanol–water partition coefficient (Wildman–Crippen LogP) is 5.37. The smallest absolute Gasteiger partial charge is 0.334 e. The Hall–Kier alpha value is -2.06. The largest absolute Gasteiger partial charge is 0.466 e. The molecule has 1 aliphatic carbocycles. The zero-order valence-corrected chi connectivity index (χ0v) is 18.3. The molecule has 0 fully saturated rings. The number of hydrogen-bond acceptors (Lipinski definition) is 5. The highest BCUT2D eigenvalue weighted by molar-refractivity contribution is 6.74. The van der Waals surface area contributed by atoms with Crippen LogP contribution in [0.1, 0.15) is 51.2 Å². The van der Waals surface area contributed by atoms with Crippen LogP contribution in [0.2, 0.25) is 18.1 Å². The zero-order chi connectivity index (χ0) is 21.3. The normalized spacial score (nSPS) is 15.1. The van der Waals surface area contributed by atoms with Crippen molar-refractivity contribution in [1.82, 2.24) is 0 Å². The van der Waals surface area contributed by atoms with Gasteiger partial charge in [-0.1, -0.05) is 26.8 Å². The molecule has 0 spiro atoms. The van der Waals surface area contributed by atoms with E-state index < -0.39 is 30.7 Å². The van der Waals surface area contributed by atoms with Gasteiger partial charge < -0.3 is 9.16 Å². The van der Waals surface area contributed by atoms with Crippen molar-refractivity contribution in [3.05, 3.63) is 44.8 Å². The number of nitrogens with zero attached hydrogens (tertiary/aromatic N) is 1. The lowest BCUT2D eigenvalue weighted by atomic mass is 9.98. The Bertz CT molecular complexity index is 827. The van der Waals surface area contributed by atoms with Crippen LogP contribution < -0.4 is 0 Å². The van der Waals surface area contributed by atoms with Gasteiger partial charge in [0.1, 0.15) is 0 Å². The molecule has 0 aliphatic heterocycles. The van der Waals surface area contributed by atoms with Crippen LogP contribution in [0.3, 0.4) is 0 Å². The fourth-order valence-electron chi connectivity index (χ4n) is 3.00. The van der Waals surface area contributed by atoms with E-state index in [0.717, 1.165) is 0 Å². The highest BCUT2D eigenvalue weighted by atomic mass is 28.4. The molecule has 0 saturated heterocycles. The average molecular weight is 410 g/mol. The monoisotopic (exact) mass is 409 g/mol. The van der Waals surface area contributed by atoms with Crippen molar-refractivity contribution < 1.29 is 23.3 Å². The zero-order valence-electron chi connectivity index (χ0n) is 17.3. The van der Waals surface area contributed by atoms with Gasteiger partial charge in [0.05, 0.1) is 24.2 Å². The number of allylic oxidation sites excluding steroid dienone is 1. The second kappa shape index (κ2) is 8.12. The van der Waals surface area contributed by atoms with E-state index >= 15 is 4.39 Å². The summed E-state index contributed by atoms with van der Waals surface area (Å²) in [5.41, 5.74) is 0.578. The minimum absolute atomic E-state index is 0.0215. The number of methoxy groups -OCH3 is 1. The number of nitro groups is 1. The summed E-state index contributed by atoms with van der Waals surface area (Å²) in [5, 5.41) is 11.6. The van der Waals surface area contributed by atoms with Gasteiger partial charge in [-0.3, -0.25) is 10.1 Å². The molecule has 0 saturated carbocycles. The van der Waals surface area contributed by atoms with Crippen molar-refractivity contribution >= 4 is 25.5 Å². The maximum Gasteiger partial charge on any atom is 0.334 e. The Labute approximate surface area is 166 Å². The molecule has 8 heteroatoms. The summed E-state index contributed by atoms with van der Waals surface area (Å²) >= 11 is 0. The molecule has 0 atom stereocenters. The van der Waals surface area contributed by atoms with Crippen molar-refractivity contribution in [2.45, 2.75) is 64.8 Å². The SMILES string of the molecule is COC(=O)C1=C(c2ccc(CO[Si](C)(C)C(C)(C)C)c(F)c2[N+](=O)[O-])CCC1. The third-order valence-corrected chi connectivity index (χ3v) is 10.2. The lowest BCUT2D eigenvalue weighted by Gasteiger charge is -2.36. The van der Waals surface area contributed by atoms with E-state index in [1.807, 2.05) is 13.1 Å². The van der Waals surface area contributed by atoms with E-state index in [1.165, 1.54) is 19.2 Å². The Kier molecular flexibility index (Phi) is 6.45. The quantitative estimate of drug-likeness (QED) is 0.273. The molecule has 0 radical (unpaired) electrons. The second-order valence-corrected chi connectivity index (χ2v) is 13.4. The molecule has 28 heavy (non-hydrogen) atoms. The molecule has 1 aliphatic rings. The summed E-state index contributed by atoms with van der Waals surface area (Å²) in [6.45, 7) is 10.3. The van der Waals surface area contributed by atoms with E-state index in [-0.39, 0.29) is 22.8 Å². The van der Waals surface area contributed by atoms with Gasteiger partial charge in [-0.15, -0.1) is 0 Å². The highest BCUT2D eigenvalue weighted by Crippen LogP contribution is 2.41. The molecule has 1 aromatic carbocycles. The number of hydrogen-bond donors (Lipinski definition) is 0. The van der Waals surface area contributed by atoms with E-state index in [0.29, 0.717) is 30.4 Å². The van der Waals surface area contributed by atoms with Crippen molar-refractivity contribution in [2.75, 3.05) is 7.11 Å². The minimum atomic E-state index is -2.13. The maximum absolute atomic E-state index is 15.1. The Balaban J connectivity index is 2.46. The standard InChI is InChI=1S/C20H28FNO5Si/c1-20(2,3)28(5,6)27-12-13-10-11-15(18(17(13)21)22(24)25)14-8-7-9-16(14)19(23)26-4/h10-11H,7-9,12H2,1-6H3. The average Bonchev–Trinajstić information content (AvgIpc) is 3.07. The first kappa shape index (κ1) is 22.2. The fourth-order valence-corrected chi connectivity index (χ4v) is 3.95. The van der Waals surface area contributed by atoms with Crippen LogP contribution >= 0.6 is 0 Å². The molecule has 0 unspecified atom stereocenters. The van der Waals surface area contributed by atoms with E-state index in [4.69, 9.17) is 9.16 Å². The summed E-state index contributed by atoms with van der Waals surface area (Å²) in [7, 11) is -0.867. The van der Waals surface area contributed by atoms with Crippen LogP contribution in [-0.4, -0.2) is 26.3 Å². The Morgan fingerprint density at radius 3 is 2.46 bits per heavy atom. The number of benzene rings is 1. The van der Waals surface area contributed by atoms with Gasteiger partial charge in [0.2, 0.25) is 5.82 Å². The van der Waals surface area contributed by atoms with Gasteiger partial charge in [0, 0.05) is 11.1 Å². The lowest BCUT2D eigenvalue weighted by Crippen LogP contribution is -2.40. The first-order chi connectivity index (χ1) is 12.9. The fraction of sp³-hybridized carbons (Fsp3) is 0.550. The molecule has 0 heterocycles. The first-order valence-electron chi connectivity index (χ1n) is 9.31. The van der Waals surface area contributed by atoms with Gasteiger partial charge in [-0.25, -0.2) is 4.79 Å². The Morgan fingerprint density at radius 2 is 1.93 bits per heavy atom. The van der Waals surface area contributed by atoms with E-state index in [1.54, 1.807) is 0 Å². The van der Waals surface area contributed by atoms with Crippen molar-refractivity contribution in [1.29, 1.82) is 0 Å². The van der Waals surface area contributed by atoms with Crippen LogP contribution in [0.25, 0.3) is 5.57 Å². The number of halogens is 1. The molecular formula is C20H28FNO5Si. The number of rotatable bonds is 6. The molecule has 154 valence electrons. The molecule has 0 bridgehead atoms. The molecule has 2 rings (SSSR count). The van der Waals surface area contributed by atoms with Crippen LogP contribution in [0.15, 0.2) is 17.7 Å². The van der Waals surface area contributed by atoms with Crippen molar-refractivity contribution in [3.63, 3.8) is 0 Å². The summed E-state index contributed by atoms with van der Waals surface area (Å²) in [6, 6.07) is 3.04. The lowest BCUT2D eigenvalue weighted by molar-refractivity contribution is -0.387. The summed E-state index contributed by atoms with van der Waals surface area (Å²) < 4.78 is 25.9. The first-order valence-corrected chi connectivity index (χ1v) is 12.2. The summed E-state index contributed by atoms with van der Waals surface area (Å²) in [6.07, 6.45) is 1.62. The maximum atomic E-state index is 15.1. The minimum Gasteiger partial charge on any atom is -0.466 e. The van der Waals surface area contributed by atoms with Crippen LogP contribution in [0.5, 0.6) is 0 Å². The molecule has 0 amide bonds. The molecule has 0 aromatic heterocycles. The molecule has 0 N–H and O–H groups in total. The third kappa shape index (κ3) is 4.33. The summed E-state index contributed by atoms with van der Waals surface area (Å²) in [4.78, 5) is 22.9. The van der Waals surface area contributed by atoms with Gasteiger partial charge in [0.25, 0.3) is 0 Å². The number of esters is 1. The number of nitro benzene ring substituents is 1. The topological polar surface area (TPSA) is 78.7 Å². The van der Waals surface area contributed by atoms with Crippen molar-refractivity contribution in [3.8, 4) is 0 Å². The number of carbonyl (C=O) groups is 1. The van der Waals surface area contributed by atoms with E-state index in [2.05, 4.69) is 20.8 Å². The summed E-state index contributed by atoms with van der Waals surface area (Å²) in [5.74, 6) is -1.42. The Morgan fingerprint density at radius 1 is 1.29 bits per heavy atom. The predicted molar refractivity (Wildman–Crippen MR) is 108 cm³/mol. The van der Waals surface area contributed by atoms with Crippen LogP contribution in [-0.2, 0) is 20.6 Å². The van der Waals surface area contributed by atoms with Crippen LogP contribution in [0, 0.1) is 15.9 Å². The van der Waals surface area contributed by atoms with Crippen LogP contribution in [0.4, 0.5) is 10.1 Å². The molecule has 1 aromatic rings. The van der Waals surface area contributed by atoms with Gasteiger partial charge in [0.15, 0.2) is 8.32 Å².